The lowest BCUT2D eigenvalue weighted by molar-refractivity contribution is 0.481. The molecule has 1 nitrogen and oxygen atoms in total. The van der Waals surface area contributed by atoms with Crippen LogP contribution in [0.15, 0.2) is 18.2 Å². The molecular formula is C14H21Cl2N. The third-order valence-electron chi connectivity index (χ3n) is 2.84. The summed E-state index contributed by atoms with van der Waals surface area (Å²) >= 11 is 12.3. The molecule has 0 bridgehead atoms. The Morgan fingerprint density at radius 2 is 1.94 bits per heavy atom. The zero-order valence-electron chi connectivity index (χ0n) is 10.6. The molecular weight excluding hydrogens is 253 g/mol. The lowest BCUT2D eigenvalue weighted by atomic mass is 10.0. The van der Waals surface area contributed by atoms with Crippen LogP contribution in [0.2, 0.25) is 10.0 Å². The van der Waals surface area contributed by atoms with E-state index < -0.39 is 0 Å². The number of rotatable bonds is 7. The molecule has 1 atom stereocenters. The summed E-state index contributed by atoms with van der Waals surface area (Å²) in [5.74, 6) is 0. The quantitative estimate of drug-likeness (QED) is 0.718. The molecule has 0 spiro atoms. The van der Waals surface area contributed by atoms with Crippen LogP contribution in [0.1, 0.15) is 51.1 Å². The molecule has 0 aromatic heterocycles. The van der Waals surface area contributed by atoms with Crippen molar-refractivity contribution in [2.75, 3.05) is 6.54 Å². The fourth-order valence-electron chi connectivity index (χ4n) is 1.88. The number of unbranched alkanes of at least 4 members (excludes halogenated alkanes) is 1. The molecule has 0 fully saturated rings. The van der Waals surface area contributed by atoms with Crippen molar-refractivity contribution in [3.63, 3.8) is 0 Å². The smallest absolute Gasteiger partial charge is 0.0640 e. The van der Waals surface area contributed by atoms with E-state index in [1.165, 1.54) is 12.8 Å². The van der Waals surface area contributed by atoms with Crippen LogP contribution in [0, 0.1) is 0 Å². The highest BCUT2D eigenvalue weighted by atomic mass is 35.5. The van der Waals surface area contributed by atoms with E-state index in [4.69, 9.17) is 23.2 Å². The fraction of sp³-hybridized carbons (Fsp3) is 0.571. The summed E-state index contributed by atoms with van der Waals surface area (Å²) in [6.07, 6.45) is 4.63. The van der Waals surface area contributed by atoms with Gasteiger partial charge in [-0.25, -0.2) is 0 Å². The van der Waals surface area contributed by atoms with Crippen LogP contribution in [0.5, 0.6) is 0 Å². The van der Waals surface area contributed by atoms with Gasteiger partial charge < -0.3 is 5.32 Å². The van der Waals surface area contributed by atoms with Gasteiger partial charge in [0, 0.05) is 6.04 Å². The minimum absolute atomic E-state index is 0.320. The van der Waals surface area contributed by atoms with E-state index in [1.807, 2.05) is 12.1 Å². The maximum atomic E-state index is 6.27. The van der Waals surface area contributed by atoms with E-state index >= 15 is 0 Å². The Labute approximate surface area is 115 Å². The summed E-state index contributed by atoms with van der Waals surface area (Å²) < 4.78 is 0. The number of nitrogens with one attached hydrogen (secondary N) is 1. The molecule has 96 valence electrons. The van der Waals surface area contributed by atoms with Crippen molar-refractivity contribution in [3.8, 4) is 0 Å². The molecule has 0 radical (unpaired) electrons. The van der Waals surface area contributed by atoms with Crippen molar-refractivity contribution < 1.29 is 0 Å². The summed E-state index contributed by atoms with van der Waals surface area (Å²) in [6.45, 7) is 5.39. The van der Waals surface area contributed by atoms with E-state index in [0.717, 1.165) is 24.9 Å². The fourth-order valence-corrected chi connectivity index (χ4v) is 2.32. The highest BCUT2D eigenvalue weighted by Crippen LogP contribution is 2.32. The maximum Gasteiger partial charge on any atom is 0.0640 e. The molecule has 3 heteroatoms. The summed E-state index contributed by atoms with van der Waals surface area (Å²) in [5.41, 5.74) is 1.13. The highest BCUT2D eigenvalue weighted by Gasteiger charge is 2.14. The second-order valence-electron chi connectivity index (χ2n) is 4.29. The molecule has 0 amide bonds. The zero-order chi connectivity index (χ0) is 12.7. The Balaban J connectivity index is 2.83. The second kappa shape index (κ2) is 7.97. The van der Waals surface area contributed by atoms with Crippen molar-refractivity contribution in [2.24, 2.45) is 0 Å². The summed E-state index contributed by atoms with van der Waals surface area (Å²) in [4.78, 5) is 0. The number of hydrogen-bond acceptors (Lipinski definition) is 1. The van der Waals surface area contributed by atoms with Crippen LogP contribution in [0.4, 0.5) is 0 Å². The van der Waals surface area contributed by atoms with Gasteiger partial charge in [0.1, 0.15) is 0 Å². The summed E-state index contributed by atoms with van der Waals surface area (Å²) in [5, 5.41) is 4.88. The molecule has 0 aliphatic rings. The van der Waals surface area contributed by atoms with Crippen LogP contribution >= 0.6 is 23.2 Å². The van der Waals surface area contributed by atoms with Crippen molar-refractivity contribution in [1.29, 1.82) is 0 Å². The largest absolute Gasteiger partial charge is 0.310 e. The van der Waals surface area contributed by atoms with E-state index in [9.17, 15) is 0 Å². The monoisotopic (exact) mass is 273 g/mol. The first-order chi connectivity index (χ1) is 8.20. The number of hydrogen-bond donors (Lipinski definition) is 1. The summed E-state index contributed by atoms with van der Waals surface area (Å²) in [6, 6.07) is 6.19. The van der Waals surface area contributed by atoms with Crippen LogP contribution < -0.4 is 5.32 Å². The Bertz CT molecular complexity index is 331. The molecule has 1 N–H and O–H groups in total. The van der Waals surface area contributed by atoms with Gasteiger partial charge in [0.15, 0.2) is 0 Å². The average molecular weight is 274 g/mol. The van der Waals surface area contributed by atoms with Gasteiger partial charge in [-0.1, -0.05) is 62.0 Å². The number of halogens is 2. The Hall–Kier alpha value is -0.240. The van der Waals surface area contributed by atoms with Crippen molar-refractivity contribution >= 4 is 23.2 Å². The highest BCUT2D eigenvalue weighted by molar-refractivity contribution is 6.42. The predicted molar refractivity (Wildman–Crippen MR) is 77.0 cm³/mol. The molecule has 0 heterocycles. The maximum absolute atomic E-state index is 6.27. The third kappa shape index (κ3) is 4.50. The predicted octanol–water partition coefficient (Wildman–Crippen LogP) is 5.22. The standard InChI is InChI=1S/C14H21Cl2N/c1-3-5-9-13(17-10-4-2)11-7-6-8-12(15)14(11)16/h6-8,13,17H,3-5,9-10H2,1-2H3. The lowest BCUT2D eigenvalue weighted by Crippen LogP contribution is -2.22. The zero-order valence-corrected chi connectivity index (χ0v) is 12.1. The first-order valence-corrected chi connectivity index (χ1v) is 7.13. The third-order valence-corrected chi connectivity index (χ3v) is 3.68. The molecule has 1 aromatic carbocycles. The van der Waals surface area contributed by atoms with Gasteiger partial charge in [-0.2, -0.15) is 0 Å². The van der Waals surface area contributed by atoms with Crippen LogP contribution in [-0.4, -0.2) is 6.54 Å². The molecule has 0 aliphatic heterocycles. The van der Waals surface area contributed by atoms with Crippen molar-refractivity contribution in [2.45, 2.75) is 45.6 Å². The van der Waals surface area contributed by atoms with Gasteiger partial charge in [-0.3, -0.25) is 0 Å². The molecule has 1 unspecified atom stereocenters. The Morgan fingerprint density at radius 1 is 1.18 bits per heavy atom. The SMILES string of the molecule is CCCCC(NCCC)c1cccc(Cl)c1Cl. The lowest BCUT2D eigenvalue weighted by Gasteiger charge is -2.20. The molecule has 0 saturated carbocycles. The first kappa shape index (κ1) is 14.8. The minimum atomic E-state index is 0.320. The normalized spacial score (nSPS) is 12.7. The molecule has 1 aromatic rings. The molecule has 0 aliphatic carbocycles. The van der Waals surface area contributed by atoms with Gasteiger partial charge in [-0.05, 0) is 31.0 Å². The van der Waals surface area contributed by atoms with E-state index in [-0.39, 0.29) is 0 Å². The van der Waals surface area contributed by atoms with Crippen molar-refractivity contribution in [3.05, 3.63) is 33.8 Å². The van der Waals surface area contributed by atoms with Gasteiger partial charge in [0.2, 0.25) is 0 Å². The van der Waals surface area contributed by atoms with Crippen molar-refractivity contribution in [1.82, 2.24) is 5.32 Å². The van der Waals surface area contributed by atoms with Gasteiger partial charge in [0.25, 0.3) is 0 Å². The average Bonchev–Trinajstić information content (AvgIpc) is 2.34. The van der Waals surface area contributed by atoms with E-state index in [1.54, 1.807) is 0 Å². The van der Waals surface area contributed by atoms with Crippen LogP contribution in [0.25, 0.3) is 0 Å². The van der Waals surface area contributed by atoms with Crippen LogP contribution in [0.3, 0.4) is 0 Å². The van der Waals surface area contributed by atoms with Gasteiger partial charge in [-0.15, -0.1) is 0 Å². The first-order valence-electron chi connectivity index (χ1n) is 6.38. The van der Waals surface area contributed by atoms with Gasteiger partial charge in [0.05, 0.1) is 10.0 Å². The topological polar surface area (TPSA) is 12.0 Å². The van der Waals surface area contributed by atoms with Gasteiger partial charge >= 0.3 is 0 Å². The summed E-state index contributed by atoms with van der Waals surface area (Å²) in [7, 11) is 0. The number of benzene rings is 1. The minimum Gasteiger partial charge on any atom is -0.310 e. The molecule has 1 rings (SSSR count). The van der Waals surface area contributed by atoms with E-state index in [0.29, 0.717) is 16.1 Å². The Kier molecular flexibility index (Phi) is 6.94. The van der Waals surface area contributed by atoms with E-state index in [2.05, 4.69) is 25.2 Å². The van der Waals surface area contributed by atoms with Crippen LogP contribution in [-0.2, 0) is 0 Å². The Morgan fingerprint density at radius 3 is 2.59 bits per heavy atom. The second-order valence-corrected chi connectivity index (χ2v) is 5.08. The molecule has 0 saturated heterocycles. The molecule has 17 heavy (non-hydrogen) atoms.